The lowest BCUT2D eigenvalue weighted by Crippen LogP contribution is -2.43. The fraction of sp³-hybridized carbons (Fsp3) is 0.478. The van der Waals surface area contributed by atoms with Crippen molar-refractivity contribution < 1.29 is 13.2 Å². The molecule has 0 unspecified atom stereocenters. The molecule has 2 heterocycles. The first-order valence-corrected chi connectivity index (χ1v) is 12.1. The van der Waals surface area contributed by atoms with Crippen molar-refractivity contribution in [1.82, 2.24) is 9.62 Å². The molecule has 0 saturated carbocycles. The van der Waals surface area contributed by atoms with E-state index in [1.54, 1.807) is 12.1 Å². The van der Waals surface area contributed by atoms with E-state index in [9.17, 15) is 8.42 Å². The van der Waals surface area contributed by atoms with Crippen LogP contribution in [0.25, 0.3) is 0 Å². The Hall–Kier alpha value is -1.93. The molecule has 30 heavy (non-hydrogen) atoms. The summed E-state index contributed by atoms with van der Waals surface area (Å²) < 4.78 is 34.4. The molecular weight excluding hydrogens is 398 g/mol. The van der Waals surface area contributed by atoms with E-state index in [1.165, 1.54) is 11.3 Å². The SMILES string of the molecule is Cc1ccc(S(=O)(=O)NC[C@@H](c2ccc3c(c2)CCN3C)N2CCOCC2)cc1C. The molecule has 1 fully saturated rings. The van der Waals surface area contributed by atoms with Crippen molar-refractivity contribution in [2.24, 2.45) is 0 Å². The van der Waals surface area contributed by atoms with Gasteiger partial charge in [0.2, 0.25) is 10.0 Å². The minimum absolute atomic E-state index is 0.0218. The number of nitrogens with one attached hydrogen (secondary N) is 1. The fourth-order valence-corrected chi connectivity index (χ4v) is 5.42. The minimum atomic E-state index is -3.58. The molecule has 162 valence electrons. The second kappa shape index (κ2) is 8.67. The number of benzene rings is 2. The summed E-state index contributed by atoms with van der Waals surface area (Å²) in [6, 6.07) is 11.8. The van der Waals surface area contributed by atoms with Crippen molar-refractivity contribution in [3.8, 4) is 0 Å². The van der Waals surface area contributed by atoms with E-state index >= 15 is 0 Å². The Bertz CT molecular complexity index is 1020. The number of hydrogen-bond donors (Lipinski definition) is 1. The second-order valence-electron chi connectivity index (χ2n) is 8.32. The molecule has 0 radical (unpaired) electrons. The quantitative estimate of drug-likeness (QED) is 0.765. The molecule has 0 amide bonds. The lowest BCUT2D eigenvalue weighted by molar-refractivity contribution is 0.0172. The zero-order valence-corrected chi connectivity index (χ0v) is 18.8. The number of morpholine rings is 1. The highest BCUT2D eigenvalue weighted by atomic mass is 32.2. The van der Waals surface area contributed by atoms with Crippen molar-refractivity contribution in [2.75, 3.05) is 51.3 Å². The van der Waals surface area contributed by atoms with Gasteiger partial charge in [-0.1, -0.05) is 18.2 Å². The molecule has 0 aromatic heterocycles. The molecule has 1 saturated heterocycles. The largest absolute Gasteiger partial charge is 0.379 e. The zero-order chi connectivity index (χ0) is 21.3. The number of hydrogen-bond acceptors (Lipinski definition) is 5. The van der Waals surface area contributed by atoms with Crippen LogP contribution in [0.4, 0.5) is 5.69 Å². The third kappa shape index (κ3) is 4.39. The van der Waals surface area contributed by atoms with Crippen LogP contribution in [0.3, 0.4) is 0 Å². The summed E-state index contributed by atoms with van der Waals surface area (Å²) in [5.41, 5.74) is 5.84. The lowest BCUT2D eigenvalue weighted by Gasteiger charge is -2.35. The van der Waals surface area contributed by atoms with Crippen LogP contribution in [0.2, 0.25) is 0 Å². The van der Waals surface area contributed by atoms with E-state index in [4.69, 9.17) is 4.74 Å². The molecule has 2 aliphatic rings. The van der Waals surface area contributed by atoms with Crippen molar-refractivity contribution in [3.63, 3.8) is 0 Å². The monoisotopic (exact) mass is 429 g/mol. The van der Waals surface area contributed by atoms with Crippen LogP contribution in [0.1, 0.15) is 28.3 Å². The normalized spacial score (nSPS) is 18.4. The Morgan fingerprint density at radius 1 is 1.03 bits per heavy atom. The van der Waals surface area contributed by atoms with Crippen LogP contribution in [-0.4, -0.2) is 59.8 Å². The van der Waals surface area contributed by atoms with Gasteiger partial charge in [0, 0.05) is 45.0 Å². The summed E-state index contributed by atoms with van der Waals surface area (Å²) in [4.78, 5) is 4.92. The van der Waals surface area contributed by atoms with Gasteiger partial charge < -0.3 is 9.64 Å². The summed E-state index contributed by atoms with van der Waals surface area (Å²) in [6.45, 7) is 8.23. The van der Waals surface area contributed by atoms with Gasteiger partial charge in [-0.2, -0.15) is 0 Å². The predicted molar refractivity (Wildman–Crippen MR) is 120 cm³/mol. The maximum atomic E-state index is 13.0. The lowest BCUT2D eigenvalue weighted by atomic mass is 10.0. The number of nitrogens with zero attached hydrogens (tertiary/aromatic N) is 2. The standard InChI is InChI=1S/C23H31N3O3S/c1-17-4-6-21(14-18(17)2)30(27,28)24-16-23(26-10-12-29-13-11-26)19-5-7-22-20(15-19)8-9-25(22)3/h4-7,14-15,23-24H,8-13,16H2,1-3H3/t23-/m0/s1. The zero-order valence-electron chi connectivity index (χ0n) is 18.0. The Morgan fingerprint density at radius 2 is 1.80 bits per heavy atom. The average Bonchev–Trinajstić information content (AvgIpc) is 3.11. The second-order valence-corrected chi connectivity index (χ2v) is 10.1. The molecule has 2 aliphatic heterocycles. The van der Waals surface area contributed by atoms with Gasteiger partial charge in [0.25, 0.3) is 0 Å². The Labute approximate surface area is 179 Å². The Morgan fingerprint density at radius 3 is 2.53 bits per heavy atom. The van der Waals surface area contributed by atoms with Gasteiger partial charge in [0.05, 0.1) is 18.1 Å². The molecule has 2 aromatic rings. The fourth-order valence-electron chi connectivity index (χ4n) is 4.29. The summed E-state index contributed by atoms with van der Waals surface area (Å²) in [5.74, 6) is 0. The first-order valence-electron chi connectivity index (χ1n) is 10.6. The smallest absolute Gasteiger partial charge is 0.240 e. The number of fused-ring (bicyclic) bond motifs is 1. The first-order chi connectivity index (χ1) is 14.3. The van der Waals surface area contributed by atoms with Crippen molar-refractivity contribution in [1.29, 1.82) is 0 Å². The molecule has 7 heteroatoms. The molecule has 6 nitrogen and oxygen atoms in total. The van der Waals surface area contributed by atoms with Crippen LogP contribution in [0, 0.1) is 13.8 Å². The van der Waals surface area contributed by atoms with Gasteiger partial charge in [-0.15, -0.1) is 0 Å². The molecule has 0 spiro atoms. The van der Waals surface area contributed by atoms with Gasteiger partial charge in [-0.05, 0) is 60.7 Å². The molecule has 0 bridgehead atoms. The number of ether oxygens (including phenoxy) is 1. The number of aryl methyl sites for hydroxylation is 2. The molecular formula is C23H31N3O3S. The van der Waals surface area contributed by atoms with E-state index in [-0.39, 0.29) is 6.04 Å². The van der Waals surface area contributed by atoms with E-state index in [2.05, 4.69) is 39.8 Å². The van der Waals surface area contributed by atoms with Crippen LogP contribution < -0.4 is 9.62 Å². The summed E-state index contributed by atoms with van der Waals surface area (Å²) in [7, 11) is -1.46. The van der Waals surface area contributed by atoms with Crippen LogP contribution in [0.5, 0.6) is 0 Å². The maximum Gasteiger partial charge on any atom is 0.240 e. The van der Waals surface area contributed by atoms with E-state index in [0.717, 1.165) is 42.7 Å². The Balaban J connectivity index is 1.58. The van der Waals surface area contributed by atoms with Crippen molar-refractivity contribution >= 4 is 15.7 Å². The average molecular weight is 430 g/mol. The van der Waals surface area contributed by atoms with Gasteiger partial charge in [-0.3, -0.25) is 4.90 Å². The molecule has 2 aromatic carbocycles. The van der Waals surface area contributed by atoms with Crippen LogP contribution in [0.15, 0.2) is 41.3 Å². The molecule has 1 atom stereocenters. The first kappa shape index (κ1) is 21.3. The summed E-state index contributed by atoms with van der Waals surface area (Å²) in [5, 5.41) is 0. The highest BCUT2D eigenvalue weighted by molar-refractivity contribution is 7.89. The van der Waals surface area contributed by atoms with Gasteiger partial charge in [0.15, 0.2) is 0 Å². The molecule has 4 rings (SSSR count). The minimum Gasteiger partial charge on any atom is -0.379 e. The highest BCUT2D eigenvalue weighted by Gasteiger charge is 2.27. The van der Waals surface area contributed by atoms with Crippen molar-refractivity contribution in [3.05, 3.63) is 58.7 Å². The number of sulfonamides is 1. The van der Waals surface area contributed by atoms with E-state index in [1.807, 2.05) is 19.9 Å². The van der Waals surface area contributed by atoms with E-state index in [0.29, 0.717) is 24.7 Å². The van der Waals surface area contributed by atoms with Crippen LogP contribution >= 0.6 is 0 Å². The topological polar surface area (TPSA) is 61.9 Å². The van der Waals surface area contributed by atoms with Gasteiger partial charge in [0.1, 0.15) is 0 Å². The number of anilines is 1. The highest BCUT2D eigenvalue weighted by Crippen LogP contribution is 2.31. The number of rotatable bonds is 6. The predicted octanol–water partition coefficient (Wildman–Crippen LogP) is 2.65. The maximum absolute atomic E-state index is 13.0. The number of likely N-dealkylation sites (N-methyl/N-ethyl adjacent to an activating group) is 1. The van der Waals surface area contributed by atoms with Gasteiger partial charge in [-0.25, -0.2) is 13.1 Å². The molecule has 0 aliphatic carbocycles. The third-order valence-electron chi connectivity index (χ3n) is 6.36. The van der Waals surface area contributed by atoms with Crippen molar-refractivity contribution in [2.45, 2.75) is 31.2 Å². The van der Waals surface area contributed by atoms with Gasteiger partial charge >= 0.3 is 0 Å². The summed E-state index contributed by atoms with van der Waals surface area (Å²) in [6.07, 6.45) is 1.03. The molecule has 1 N–H and O–H groups in total. The Kier molecular flexibility index (Phi) is 6.16. The third-order valence-corrected chi connectivity index (χ3v) is 7.78. The van der Waals surface area contributed by atoms with E-state index < -0.39 is 10.0 Å². The summed E-state index contributed by atoms with van der Waals surface area (Å²) >= 11 is 0. The van der Waals surface area contributed by atoms with Crippen LogP contribution in [-0.2, 0) is 21.2 Å².